The van der Waals surface area contributed by atoms with Gasteiger partial charge in [0.15, 0.2) is 0 Å². The van der Waals surface area contributed by atoms with E-state index < -0.39 is 21.5 Å². The van der Waals surface area contributed by atoms with Crippen LogP contribution in [0.3, 0.4) is 0 Å². The van der Waals surface area contributed by atoms with E-state index in [1.54, 1.807) is 24.3 Å². The van der Waals surface area contributed by atoms with Crippen molar-refractivity contribution in [3.8, 4) is 11.5 Å². The van der Waals surface area contributed by atoms with E-state index in [9.17, 15) is 28.3 Å². The Morgan fingerprint density at radius 1 is 0.963 bits per heavy atom. The molecule has 0 aromatic heterocycles. The predicted molar refractivity (Wildman–Crippen MR) is 96.7 cm³/mol. The van der Waals surface area contributed by atoms with Crippen LogP contribution in [0.15, 0.2) is 60.7 Å². The van der Waals surface area contributed by atoms with E-state index in [0.29, 0.717) is 12.0 Å². The van der Waals surface area contributed by atoms with Gasteiger partial charge in [0.2, 0.25) is 0 Å². The van der Waals surface area contributed by atoms with Crippen molar-refractivity contribution in [2.45, 2.75) is 30.6 Å². The van der Waals surface area contributed by atoms with Gasteiger partial charge in [-0.05, 0) is 54.7 Å². The number of phenolic OH excluding ortho intramolecular Hbond substituents is 2. The van der Waals surface area contributed by atoms with Gasteiger partial charge in [0, 0.05) is 0 Å². The average molecular weight is 400 g/mol. The van der Waals surface area contributed by atoms with Crippen LogP contribution in [0.5, 0.6) is 11.5 Å². The van der Waals surface area contributed by atoms with Gasteiger partial charge in [-0.1, -0.05) is 36.4 Å². The molecule has 2 rings (SSSR count). The number of rotatable bonds is 8. The maximum absolute atomic E-state index is 11.5. The summed E-state index contributed by atoms with van der Waals surface area (Å²) in [6.07, 6.45) is 2.48. The molecule has 2 aromatic carbocycles. The number of aryl methyl sites for hydroxylation is 1. The van der Waals surface area contributed by atoms with E-state index >= 15 is 0 Å². The second kappa shape index (κ2) is 10.8. The second-order valence-corrected chi connectivity index (χ2v) is 7.67. The minimum Gasteiger partial charge on any atom is -0.748 e. The Kier molecular flexibility index (Phi) is 9.52. The second-order valence-electron chi connectivity index (χ2n) is 6.02. The summed E-state index contributed by atoms with van der Waals surface area (Å²) in [5.41, 5.74) is 1.37. The summed E-state index contributed by atoms with van der Waals surface area (Å²) in [5, 5.41) is 27.4. The number of phenols is 2. The quantitative estimate of drug-likeness (QED) is 0.316. The zero-order valence-corrected chi connectivity index (χ0v) is 17.8. The Labute approximate surface area is 181 Å². The summed E-state index contributed by atoms with van der Waals surface area (Å²) in [5.74, 6) is 0.199. The maximum atomic E-state index is 11.5. The Bertz CT molecular complexity index is 832. The molecule has 0 aliphatic rings. The van der Waals surface area contributed by atoms with Gasteiger partial charge in [-0.15, -0.1) is 0 Å². The van der Waals surface area contributed by atoms with Gasteiger partial charge < -0.3 is 19.9 Å². The fraction of sp³-hybridized carbons (Fsp3) is 0.263. The van der Waals surface area contributed by atoms with Crippen LogP contribution in [0, 0.1) is 0 Å². The van der Waals surface area contributed by atoms with Crippen molar-refractivity contribution in [1.29, 1.82) is 0 Å². The van der Waals surface area contributed by atoms with E-state index in [0.717, 1.165) is 5.56 Å². The summed E-state index contributed by atoms with van der Waals surface area (Å²) in [4.78, 5) is 0. The van der Waals surface area contributed by atoms with Gasteiger partial charge in [-0.2, -0.15) is 0 Å². The first-order valence-electron chi connectivity index (χ1n) is 8.12. The van der Waals surface area contributed by atoms with Crippen LogP contribution in [0.2, 0.25) is 0 Å². The molecule has 0 saturated heterocycles. The molecule has 6 nitrogen and oxygen atoms in total. The summed E-state index contributed by atoms with van der Waals surface area (Å²) >= 11 is 0. The average Bonchev–Trinajstić information content (AvgIpc) is 2.58. The summed E-state index contributed by atoms with van der Waals surface area (Å²) in [6, 6.07) is 12.3. The minimum atomic E-state index is -4.48. The third kappa shape index (κ3) is 8.04. The fourth-order valence-corrected chi connectivity index (χ4v) is 3.27. The third-order valence-electron chi connectivity index (χ3n) is 4.05. The molecule has 0 aliphatic carbocycles. The number of aromatic hydroxyl groups is 2. The number of aliphatic hydroxyl groups excluding tert-OH is 1. The van der Waals surface area contributed by atoms with Crippen molar-refractivity contribution in [3.05, 3.63) is 71.8 Å². The SMILES string of the molecule is O=S(=O)([O-])[C@@H](C/C=C/C(O)c1ccc(O)cc1)CCc1ccc(O)cc1.[Na+]. The standard InChI is InChI=1S/C19H22O6S.Na/c20-16-9-4-14(5-10-16)6-13-18(26(23,24)25)2-1-3-19(22)15-7-11-17(21)12-8-15;/h1,3-5,7-12,18-22H,2,6,13H2,(H,23,24,25);/q;+1/p-1/b3-1+;/t18-,19?;/m0./s1. The molecule has 0 spiro atoms. The van der Waals surface area contributed by atoms with Crippen LogP contribution in [-0.4, -0.2) is 33.5 Å². The fourth-order valence-electron chi connectivity index (χ4n) is 2.51. The normalized spacial score (nSPS) is 13.9. The van der Waals surface area contributed by atoms with Crippen LogP contribution < -0.4 is 29.6 Å². The van der Waals surface area contributed by atoms with Gasteiger partial charge in [-0.3, -0.25) is 0 Å². The van der Waals surface area contributed by atoms with Gasteiger partial charge in [-0.25, -0.2) is 8.42 Å². The molecule has 2 aromatic rings. The van der Waals surface area contributed by atoms with E-state index in [-0.39, 0.29) is 53.9 Å². The molecule has 0 aliphatic heterocycles. The molecule has 2 atom stereocenters. The van der Waals surface area contributed by atoms with E-state index in [1.807, 2.05) is 0 Å². The largest absolute Gasteiger partial charge is 1.00 e. The van der Waals surface area contributed by atoms with Crippen molar-refractivity contribution < 1.29 is 57.8 Å². The van der Waals surface area contributed by atoms with Gasteiger partial charge in [0.05, 0.1) is 21.5 Å². The Hall–Kier alpha value is -1.35. The number of benzene rings is 2. The molecule has 0 saturated carbocycles. The molecular formula is C19H21NaO6S. The van der Waals surface area contributed by atoms with Crippen molar-refractivity contribution >= 4 is 10.1 Å². The first-order chi connectivity index (χ1) is 12.3. The topological polar surface area (TPSA) is 118 Å². The van der Waals surface area contributed by atoms with Crippen molar-refractivity contribution in [3.63, 3.8) is 0 Å². The zero-order chi connectivity index (χ0) is 19.2. The minimum absolute atomic E-state index is 0. The summed E-state index contributed by atoms with van der Waals surface area (Å²) < 4.78 is 34.4. The molecular weight excluding hydrogens is 379 g/mol. The van der Waals surface area contributed by atoms with Crippen molar-refractivity contribution in [1.82, 2.24) is 0 Å². The monoisotopic (exact) mass is 400 g/mol. The van der Waals surface area contributed by atoms with Crippen LogP contribution in [0.1, 0.15) is 30.1 Å². The summed E-state index contributed by atoms with van der Waals surface area (Å²) in [6.45, 7) is 0. The first-order valence-corrected chi connectivity index (χ1v) is 9.59. The van der Waals surface area contributed by atoms with Crippen LogP contribution in [0.25, 0.3) is 0 Å². The zero-order valence-electron chi connectivity index (χ0n) is 15.0. The van der Waals surface area contributed by atoms with Crippen LogP contribution in [0.4, 0.5) is 0 Å². The van der Waals surface area contributed by atoms with Gasteiger partial charge in [0.1, 0.15) is 11.5 Å². The molecule has 3 N–H and O–H groups in total. The molecule has 8 heteroatoms. The molecule has 140 valence electrons. The van der Waals surface area contributed by atoms with Crippen LogP contribution in [-0.2, 0) is 16.5 Å². The van der Waals surface area contributed by atoms with Crippen molar-refractivity contribution in [2.75, 3.05) is 0 Å². The molecule has 0 radical (unpaired) electrons. The molecule has 1 unspecified atom stereocenters. The third-order valence-corrected chi connectivity index (χ3v) is 5.30. The predicted octanol–water partition coefficient (Wildman–Crippen LogP) is -0.372. The van der Waals surface area contributed by atoms with Gasteiger partial charge in [0.25, 0.3) is 0 Å². The molecule has 0 heterocycles. The van der Waals surface area contributed by atoms with E-state index in [1.165, 1.54) is 36.4 Å². The molecule has 27 heavy (non-hydrogen) atoms. The Morgan fingerprint density at radius 3 is 2.00 bits per heavy atom. The number of allylic oxidation sites excluding steroid dienone is 1. The van der Waals surface area contributed by atoms with E-state index in [4.69, 9.17) is 0 Å². The van der Waals surface area contributed by atoms with Gasteiger partial charge >= 0.3 is 29.6 Å². The first kappa shape index (κ1) is 23.7. The van der Waals surface area contributed by atoms with E-state index in [2.05, 4.69) is 0 Å². The molecule has 0 fully saturated rings. The smallest absolute Gasteiger partial charge is 0.748 e. The Morgan fingerprint density at radius 2 is 1.48 bits per heavy atom. The number of aliphatic hydroxyl groups is 1. The van der Waals surface area contributed by atoms with Crippen molar-refractivity contribution in [2.24, 2.45) is 0 Å². The molecule has 0 bridgehead atoms. The number of hydrogen-bond acceptors (Lipinski definition) is 6. The van der Waals surface area contributed by atoms with Crippen LogP contribution >= 0.6 is 0 Å². The maximum Gasteiger partial charge on any atom is 1.00 e. The Balaban J connectivity index is 0.00000364. The molecule has 0 amide bonds. The summed E-state index contributed by atoms with van der Waals surface area (Å²) in [7, 11) is -4.48. The number of hydrogen-bond donors (Lipinski definition) is 3.